The van der Waals surface area contributed by atoms with E-state index in [0.29, 0.717) is 25.6 Å². The number of pyridine rings is 1. The largest absolute Gasteiger partial charge is 0.384 e. The van der Waals surface area contributed by atoms with Gasteiger partial charge >= 0.3 is 0 Å². The molecule has 19 heavy (non-hydrogen) atoms. The molecule has 3 rings (SSSR count). The summed E-state index contributed by atoms with van der Waals surface area (Å²) in [7, 11) is -1.77. The highest BCUT2D eigenvalue weighted by atomic mass is 32.2. The molecule has 5 nitrogen and oxygen atoms in total. The third-order valence-electron chi connectivity index (χ3n) is 3.24. The molecule has 0 radical (unpaired) electrons. The van der Waals surface area contributed by atoms with Gasteiger partial charge in [0.1, 0.15) is 4.90 Å². The van der Waals surface area contributed by atoms with Crippen molar-refractivity contribution in [2.45, 2.75) is 4.90 Å². The molecule has 1 fully saturated rings. The Morgan fingerprint density at radius 1 is 1.53 bits per heavy atom. The SMILES string of the molecule is COCC1CN(S(=O)(=O)c2cnc3ccsc3c2)C1. The van der Waals surface area contributed by atoms with Gasteiger partial charge in [0.05, 0.1) is 16.8 Å². The van der Waals surface area contributed by atoms with Crippen molar-refractivity contribution in [3.8, 4) is 0 Å². The lowest BCUT2D eigenvalue weighted by atomic mass is 10.1. The maximum Gasteiger partial charge on any atom is 0.244 e. The second-order valence-corrected chi connectivity index (χ2v) is 7.50. The predicted molar refractivity (Wildman–Crippen MR) is 73.7 cm³/mol. The van der Waals surface area contributed by atoms with E-state index in [1.165, 1.54) is 21.8 Å². The number of sulfonamides is 1. The van der Waals surface area contributed by atoms with Crippen LogP contribution in [0.1, 0.15) is 0 Å². The zero-order chi connectivity index (χ0) is 13.5. The monoisotopic (exact) mass is 298 g/mol. The first-order valence-corrected chi connectivity index (χ1v) is 8.25. The van der Waals surface area contributed by atoms with Crippen LogP contribution in [0.4, 0.5) is 0 Å². The molecule has 2 aromatic heterocycles. The van der Waals surface area contributed by atoms with E-state index < -0.39 is 10.0 Å². The molecule has 0 N–H and O–H groups in total. The van der Waals surface area contributed by atoms with Crippen LogP contribution in [0.5, 0.6) is 0 Å². The summed E-state index contributed by atoms with van der Waals surface area (Å²) in [5, 5.41) is 1.91. The normalized spacial score (nSPS) is 17.7. The zero-order valence-electron chi connectivity index (χ0n) is 10.4. The summed E-state index contributed by atoms with van der Waals surface area (Å²) in [6.45, 7) is 1.66. The van der Waals surface area contributed by atoms with Gasteiger partial charge < -0.3 is 4.74 Å². The van der Waals surface area contributed by atoms with E-state index in [1.54, 1.807) is 13.2 Å². The second kappa shape index (κ2) is 4.82. The lowest BCUT2D eigenvalue weighted by Crippen LogP contribution is -2.51. The molecule has 0 aromatic carbocycles. The highest BCUT2D eigenvalue weighted by Crippen LogP contribution is 2.28. The Morgan fingerprint density at radius 2 is 2.32 bits per heavy atom. The molecule has 102 valence electrons. The number of ether oxygens (including phenoxy) is 1. The quantitative estimate of drug-likeness (QED) is 0.859. The third-order valence-corrected chi connectivity index (χ3v) is 5.89. The van der Waals surface area contributed by atoms with Crippen LogP contribution in [0.15, 0.2) is 28.6 Å². The van der Waals surface area contributed by atoms with Gasteiger partial charge in [-0.05, 0) is 17.5 Å². The van der Waals surface area contributed by atoms with Gasteiger partial charge in [0.25, 0.3) is 0 Å². The Hall–Kier alpha value is -1.02. The number of thiophene rings is 1. The summed E-state index contributed by atoms with van der Waals surface area (Å²) in [6, 6.07) is 3.58. The van der Waals surface area contributed by atoms with E-state index in [4.69, 9.17) is 4.74 Å². The molecule has 3 heterocycles. The summed E-state index contributed by atoms with van der Waals surface area (Å²) in [6.07, 6.45) is 1.44. The average Bonchev–Trinajstić information content (AvgIpc) is 2.79. The molecular weight excluding hydrogens is 284 g/mol. The van der Waals surface area contributed by atoms with Crippen LogP contribution in [0.3, 0.4) is 0 Å². The highest BCUT2D eigenvalue weighted by Gasteiger charge is 2.36. The lowest BCUT2D eigenvalue weighted by Gasteiger charge is -2.37. The molecule has 7 heteroatoms. The van der Waals surface area contributed by atoms with Gasteiger partial charge in [-0.2, -0.15) is 4.31 Å². The van der Waals surface area contributed by atoms with Crippen LogP contribution in [-0.4, -0.2) is 44.5 Å². The maximum atomic E-state index is 12.4. The van der Waals surface area contributed by atoms with Gasteiger partial charge in [-0.15, -0.1) is 11.3 Å². The zero-order valence-corrected chi connectivity index (χ0v) is 12.1. The number of methoxy groups -OCH3 is 1. The Morgan fingerprint density at radius 3 is 3.05 bits per heavy atom. The van der Waals surface area contributed by atoms with Crippen LogP contribution in [0.2, 0.25) is 0 Å². The standard InChI is InChI=1S/C12H14N2O3S2/c1-17-8-9-6-14(7-9)19(15,16)10-4-12-11(13-5-10)2-3-18-12/h2-5,9H,6-8H2,1H3. The molecule has 0 unspecified atom stereocenters. The van der Waals surface area contributed by atoms with Crippen molar-refractivity contribution in [1.82, 2.24) is 9.29 Å². The van der Waals surface area contributed by atoms with Gasteiger partial charge in [-0.25, -0.2) is 8.42 Å². The minimum Gasteiger partial charge on any atom is -0.384 e. The molecular formula is C12H14N2O3S2. The molecule has 1 aliphatic rings. The fraction of sp³-hybridized carbons (Fsp3) is 0.417. The lowest BCUT2D eigenvalue weighted by molar-refractivity contribution is 0.0822. The van der Waals surface area contributed by atoms with E-state index in [-0.39, 0.29) is 4.90 Å². The van der Waals surface area contributed by atoms with Crippen molar-refractivity contribution in [3.63, 3.8) is 0 Å². The van der Waals surface area contributed by atoms with E-state index in [9.17, 15) is 8.42 Å². The molecule has 0 spiro atoms. The summed E-state index contributed by atoms with van der Waals surface area (Å²) in [4.78, 5) is 4.46. The number of hydrogen-bond acceptors (Lipinski definition) is 5. The van der Waals surface area contributed by atoms with Gasteiger partial charge in [0.15, 0.2) is 0 Å². The van der Waals surface area contributed by atoms with Crippen molar-refractivity contribution in [1.29, 1.82) is 0 Å². The molecule has 0 bridgehead atoms. The van der Waals surface area contributed by atoms with Crippen molar-refractivity contribution in [2.24, 2.45) is 5.92 Å². The maximum absolute atomic E-state index is 12.4. The van der Waals surface area contributed by atoms with Crippen molar-refractivity contribution in [3.05, 3.63) is 23.7 Å². The van der Waals surface area contributed by atoms with E-state index in [0.717, 1.165) is 10.2 Å². The Bertz CT molecular complexity index is 690. The van der Waals surface area contributed by atoms with Gasteiger partial charge in [-0.3, -0.25) is 4.98 Å². The molecule has 2 aromatic rings. The van der Waals surface area contributed by atoms with Crippen LogP contribution >= 0.6 is 11.3 Å². The molecule has 0 aliphatic carbocycles. The van der Waals surface area contributed by atoms with Crippen molar-refractivity contribution in [2.75, 3.05) is 26.8 Å². The Kier molecular flexibility index (Phi) is 3.30. The first-order chi connectivity index (χ1) is 9.11. The summed E-state index contributed by atoms with van der Waals surface area (Å²) < 4.78 is 32.2. The summed E-state index contributed by atoms with van der Waals surface area (Å²) in [5.74, 6) is 0.304. The molecule has 1 aliphatic heterocycles. The van der Waals surface area contributed by atoms with Crippen LogP contribution < -0.4 is 0 Å². The summed E-state index contributed by atoms with van der Waals surface area (Å²) in [5.41, 5.74) is 0.838. The van der Waals surface area contributed by atoms with Gasteiger partial charge in [0, 0.05) is 32.3 Å². The van der Waals surface area contributed by atoms with Gasteiger partial charge in [0.2, 0.25) is 10.0 Å². The predicted octanol–water partition coefficient (Wildman–Crippen LogP) is 1.56. The first-order valence-electron chi connectivity index (χ1n) is 5.93. The first kappa shape index (κ1) is 13.0. The minimum absolute atomic E-state index is 0.276. The highest BCUT2D eigenvalue weighted by molar-refractivity contribution is 7.89. The fourth-order valence-electron chi connectivity index (χ4n) is 2.18. The molecule has 0 saturated carbocycles. The fourth-order valence-corrected chi connectivity index (χ4v) is 4.60. The van der Waals surface area contributed by atoms with E-state index in [1.807, 2.05) is 11.4 Å². The summed E-state index contributed by atoms with van der Waals surface area (Å²) >= 11 is 1.50. The smallest absolute Gasteiger partial charge is 0.244 e. The second-order valence-electron chi connectivity index (χ2n) is 4.62. The molecule has 0 atom stereocenters. The molecule has 0 amide bonds. The van der Waals surface area contributed by atoms with Crippen molar-refractivity contribution >= 4 is 31.6 Å². The number of hydrogen-bond donors (Lipinski definition) is 0. The topological polar surface area (TPSA) is 59.5 Å². The Balaban J connectivity index is 1.84. The average molecular weight is 298 g/mol. The van der Waals surface area contributed by atoms with Gasteiger partial charge in [-0.1, -0.05) is 0 Å². The number of nitrogens with zero attached hydrogens (tertiary/aromatic N) is 2. The number of rotatable bonds is 4. The van der Waals surface area contributed by atoms with Crippen LogP contribution in [0, 0.1) is 5.92 Å². The van der Waals surface area contributed by atoms with Crippen molar-refractivity contribution < 1.29 is 13.2 Å². The Labute approximate surface area is 115 Å². The van der Waals surface area contributed by atoms with Crippen LogP contribution in [-0.2, 0) is 14.8 Å². The number of fused-ring (bicyclic) bond motifs is 1. The molecule has 1 saturated heterocycles. The number of aromatic nitrogens is 1. The minimum atomic E-state index is -3.40. The van der Waals surface area contributed by atoms with Crippen LogP contribution in [0.25, 0.3) is 10.2 Å². The van der Waals surface area contributed by atoms with E-state index in [2.05, 4.69) is 4.98 Å². The third kappa shape index (κ3) is 2.27. The van der Waals surface area contributed by atoms with E-state index >= 15 is 0 Å².